The van der Waals surface area contributed by atoms with E-state index >= 15 is 0 Å². The maximum atomic E-state index is 11.2. The summed E-state index contributed by atoms with van der Waals surface area (Å²) in [6, 6.07) is 3.63. The summed E-state index contributed by atoms with van der Waals surface area (Å²) < 4.78 is 13.0. The largest absolute Gasteiger partial charge is 0.388 e. The van der Waals surface area contributed by atoms with Crippen molar-refractivity contribution in [3.63, 3.8) is 0 Å². The highest BCUT2D eigenvalue weighted by atomic mass is 16.6. The van der Waals surface area contributed by atoms with Gasteiger partial charge in [-0.25, -0.2) is 15.0 Å². The van der Waals surface area contributed by atoms with E-state index < -0.39 is 30.4 Å². The first kappa shape index (κ1) is 24.3. The van der Waals surface area contributed by atoms with E-state index in [-0.39, 0.29) is 24.7 Å². The quantitative estimate of drug-likeness (QED) is 0.203. The van der Waals surface area contributed by atoms with Gasteiger partial charge in [-0.2, -0.15) is 15.4 Å². The van der Waals surface area contributed by atoms with Crippen LogP contribution in [0.25, 0.3) is 33.9 Å². The van der Waals surface area contributed by atoms with Gasteiger partial charge in [0, 0.05) is 31.0 Å². The molecule has 0 radical (unpaired) electrons. The number of anilines is 1. The van der Waals surface area contributed by atoms with Crippen molar-refractivity contribution in [2.75, 3.05) is 18.5 Å². The number of nitrogens with one attached hydrogen (secondary N) is 2. The maximum absolute atomic E-state index is 11.2. The number of fused-ring (bicyclic) bond motifs is 1. The predicted octanol–water partition coefficient (Wildman–Crippen LogP) is -0.241. The number of amides is 1. The van der Waals surface area contributed by atoms with Gasteiger partial charge in [0.1, 0.15) is 17.9 Å². The standard InChI is InChI=1S/C23H26N10O5/c24-14(34)2-1-13-18(35)19(36)23(38-13)33-10-26-17-21(27-12-5-8-37-9-12)28-20(29-22(17)33)16-15(30-32-31-16)11-3-6-25-7-4-11/h3-4,6-7,10,12-13,18-19,23,35-36H,1-2,5,8-9H2,(H2,24,34)(H,27,28,29)(H,30,31,32)/t12-,13+,18+,19+,23-/m1/s1. The molecule has 2 fully saturated rings. The Kier molecular flexibility index (Phi) is 6.40. The fraction of sp³-hybridized carbons (Fsp3) is 0.435. The number of H-pyrrole nitrogens is 1. The van der Waals surface area contributed by atoms with E-state index in [1.807, 2.05) is 0 Å². The van der Waals surface area contributed by atoms with Crippen LogP contribution in [0, 0.1) is 0 Å². The summed E-state index contributed by atoms with van der Waals surface area (Å²) in [5.74, 6) is 0.203. The lowest BCUT2D eigenvalue weighted by Crippen LogP contribution is -2.32. The third-order valence-corrected chi connectivity index (χ3v) is 6.69. The van der Waals surface area contributed by atoms with Crippen LogP contribution in [0.3, 0.4) is 0 Å². The van der Waals surface area contributed by atoms with Gasteiger partial charge in [0.15, 0.2) is 34.7 Å². The second-order valence-electron chi connectivity index (χ2n) is 9.23. The third-order valence-electron chi connectivity index (χ3n) is 6.69. The Bertz CT molecular complexity index is 1440. The number of nitrogens with two attached hydrogens (primary N) is 1. The molecule has 6 rings (SSSR count). The highest BCUT2D eigenvalue weighted by Crippen LogP contribution is 2.35. The molecule has 0 spiro atoms. The summed E-state index contributed by atoms with van der Waals surface area (Å²) in [5.41, 5.74) is 7.76. The number of carbonyl (C=O) groups is 1. The highest BCUT2D eigenvalue weighted by molar-refractivity contribution is 5.86. The molecule has 4 aromatic rings. The average molecular weight is 523 g/mol. The number of carbonyl (C=O) groups excluding carboxylic acids is 1. The van der Waals surface area contributed by atoms with Crippen LogP contribution in [0.4, 0.5) is 5.82 Å². The number of pyridine rings is 1. The minimum Gasteiger partial charge on any atom is -0.388 e. The Labute approximate surface area is 215 Å². The van der Waals surface area contributed by atoms with Crippen LogP contribution in [0.1, 0.15) is 25.5 Å². The van der Waals surface area contributed by atoms with Crippen molar-refractivity contribution in [3.05, 3.63) is 30.9 Å². The number of hydrogen-bond donors (Lipinski definition) is 5. The molecule has 1 amide bonds. The second kappa shape index (κ2) is 10.0. The van der Waals surface area contributed by atoms with Gasteiger partial charge in [-0.1, -0.05) is 0 Å². The molecule has 38 heavy (non-hydrogen) atoms. The Morgan fingerprint density at radius 2 is 2.00 bits per heavy atom. The molecule has 2 saturated heterocycles. The molecule has 6 N–H and O–H groups in total. The van der Waals surface area contributed by atoms with Crippen LogP contribution in [0.5, 0.6) is 0 Å². The number of imidazole rings is 1. The summed E-state index contributed by atoms with van der Waals surface area (Å²) in [5, 5.41) is 36.0. The lowest BCUT2D eigenvalue weighted by molar-refractivity contribution is -0.119. The van der Waals surface area contributed by atoms with Crippen LogP contribution in [-0.4, -0.2) is 93.6 Å². The van der Waals surface area contributed by atoms with Crippen molar-refractivity contribution in [2.45, 2.75) is 49.8 Å². The molecule has 6 heterocycles. The minimum atomic E-state index is -1.29. The topological polar surface area (TPSA) is 212 Å². The Morgan fingerprint density at radius 3 is 2.76 bits per heavy atom. The summed E-state index contributed by atoms with van der Waals surface area (Å²) in [4.78, 5) is 29.3. The molecule has 0 saturated carbocycles. The Balaban J connectivity index is 1.43. The summed E-state index contributed by atoms with van der Waals surface area (Å²) in [6.07, 6.45) is 1.45. The van der Waals surface area contributed by atoms with Gasteiger partial charge >= 0.3 is 0 Å². The molecule has 0 aliphatic carbocycles. The summed E-state index contributed by atoms with van der Waals surface area (Å²) in [7, 11) is 0. The lowest BCUT2D eigenvalue weighted by Gasteiger charge is -2.17. The molecular weight excluding hydrogens is 496 g/mol. The zero-order chi connectivity index (χ0) is 26.2. The third kappa shape index (κ3) is 4.45. The van der Waals surface area contributed by atoms with Gasteiger partial charge in [-0.15, -0.1) is 0 Å². The van der Waals surface area contributed by atoms with Crippen LogP contribution >= 0.6 is 0 Å². The number of aromatic amines is 1. The van der Waals surface area contributed by atoms with Crippen LogP contribution in [-0.2, 0) is 14.3 Å². The van der Waals surface area contributed by atoms with Gasteiger partial charge in [-0.05, 0) is 25.0 Å². The molecule has 4 aromatic heterocycles. The number of primary amides is 1. The highest BCUT2D eigenvalue weighted by Gasteiger charge is 2.44. The smallest absolute Gasteiger partial charge is 0.217 e. The fourth-order valence-corrected chi connectivity index (χ4v) is 4.73. The van der Waals surface area contributed by atoms with E-state index in [0.29, 0.717) is 41.6 Å². The first-order chi connectivity index (χ1) is 18.5. The van der Waals surface area contributed by atoms with Crippen LogP contribution in [0.15, 0.2) is 30.9 Å². The fourth-order valence-electron chi connectivity index (χ4n) is 4.73. The van der Waals surface area contributed by atoms with Gasteiger partial charge in [0.25, 0.3) is 0 Å². The zero-order valence-electron chi connectivity index (χ0n) is 20.1. The van der Waals surface area contributed by atoms with E-state index in [1.165, 1.54) is 6.33 Å². The number of aromatic nitrogens is 8. The number of nitrogens with zero attached hydrogens (tertiary/aromatic N) is 7. The van der Waals surface area contributed by atoms with E-state index in [2.05, 4.69) is 30.7 Å². The molecular formula is C23H26N10O5. The van der Waals surface area contributed by atoms with Gasteiger partial charge in [-0.3, -0.25) is 14.3 Å². The molecule has 2 aliphatic rings. The van der Waals surface area contributed by atoms with Gasteiger partial charge in [0.2, 0.25) is 5.91 Å². The molecule has 198 valence electrons. The molecule has 0 bridgehead atoms. The normalized spacial score (nSPS) is 25.3. The number of aliphatic hydroxyl groups excluding tert-OH is 2. The van der Waals surface area contributed by atoms with Crippen molar-refractivity contribution in [2.24, 2.45) is 5.73 Å². The number of hydrogen-bond acceptors (Lipinski definition) is 12. The summed E-state index contributed by atoms with van der Waals surface area (Å²) >= 11 is 0. The van der Waals surface area contributed by atoms with Crippen molar-refractivity contribution < 1.29 is 24.5 Å². The molecule has 15 nitrogen and oxygen atoms in total. The molecule has 5 atom stereocenters. The summed E-state index contributed by atoms with van der Waals surface area (Å²) in [6.45, 7) is 1.15. The SMILES string of the molecule is NC(=O)CC[C@@H]1O[C@@H](n2cnc3c(N[C@@H]4CCOC4)nc(-c4n[nH]nc4-c4ccncc4)nc32)[C@@H](O)[C@H]1O. The van der Waals surface area contributed by atoms with Crippen molar-refractivity contribution in [3.8, 4) is 22.8 Å². The number of rotatable bonds is 8. The molecule has 0 aromatic carbocycles. The second-order valence-corrected chi connectivity index (χ2v) is 9.23. The predicted molar refractivity (Wildman–Crippen MR) is 131 cm³/mol. The van der Waals surface area contributed by atoms with Crippen molar-refractivity contribution in [1.82, 2.24) is 39.9 Å². The van der Waals surface area contributed by atoms with Crippen molar-refractivity contribution >= 4 is 22.9 Å². The molecule has 0 unspecified atom stereocenters. The first-order valence-electron chi connectivity index (χ1n) is 12.2. The van der Waals surface area contributed by atoms with Crippen LogP contribution < -0.4 is 11.1 Å². The van der Waals surface area contributed by atoms with Gasteiger partial charge < -0.3 is 30.7 Å². The van der Waals surface area contributed by atoms with E-state index in [1.54, 1.807) is 29.1 Å². The first-order valence-corrected chi connectivity index (χ1v) is 12.2. The Hall–Kier alpha value is -4.05. The monoisotopic (exact) mass is 522 g/mol. The van der Waals surface area contributed by atoms with Crippen molar-refractivity contribution in [1.29, 1.82) is 0 Å². The maximum Gasteiger partial charge on any atom is 0.217 e. The van der Waals surface area contributed by atoms with E-state index in [4.69, 9.17) is 25.2 Å². The Morgan fingerprint density at radius 1 is 1.18 bits per heavy atom. The molecule has 15 heteroatoms. The number of ether oxygens (including phenoxy) is 2. The van der Waals surface area contributed by atoms with E-state index in [0.717, 1.165) is 12.0 Å². The van der Waals surface area contributed by atoms with E-state index in [9.17, 15) is 15.0 Å². The zero-order valence-corrected chi connectivity index (χ0v) is 20.1. The van der Waals surface area contributed by atoms with Crippen LogP contribution in [0.2, 0.25) is 0 Å². The number of aliphatic hydroxyl groups is 2. The minimum absolute atomic E-state index is 0.0135. The lowest BCUT2D eigenvalue weighted by atomic mass is 10.1. The van der Waals surface area contributed by atoms with Gasteiger partial charge in [0.05, 0.1) is 25.1 Å². The average Bonchev–Trinajstić information content (AvgIpc) is 3.72. The molecule has 2 aliphatic heterocycles.